The van der Waals surface area contributed by atoms with E-state index in [1.54, 1.807) is 0 Å². The molecule has 0 aromatic rings. The van der Waals surface area contributed by atoms with E-state index in [1.807, 2.05) is 0 Å². The molecule has 2 fully saturated rings. The van der Waals surface area contributed by atoms with Gasteiger partial charge < -0.3 is 19.9 Å². The van der Waals surface area contributed by atoms with Crippen molar-refractivity contribution >= 4 is 6.09 Å². The second-order valence-corrected chi connectivity index (χ2v) is 3.76. The van der Waals surface area contributed by atoms with Crippen LogP contribution in [0.25, 0.3) is 0 Å². The number of carboxylic acid groups (broad SMARTS) is 1. The molecule has 0 bridgehead atoms. The smallest absolute Gasteiger partial charge is 0.404 e. The summed E-state index contributed by atoms with van der Waals surface area (Å²) in [6.45, 7) is 0.758. The highest BCUT2D eigenvalue weighted by Gasteiger charge is 2.41. The van der Waals surface area contributed by atoms with Crippen LogP contribution in [0.1, 0.15) is 25.7 Å². The zero-order valence-electron chi connectivity index (χ0n) is 7.94. The SMILES string of the molecule is O=C(O)N[C@H]1C[C@@H]1OC1CCCCO1. The number of ether oxygens (including phenoxy) is 2. The fourth-order valence-corrected chi connectivity index (χ4v) is 1.65. The summed E-state index contributed by atoms with van der Waals surface area (Å²) in [4.78, 5) is 10.3. The van der Waals surface area contributed by atoms with Gasteiger partial charge in [0.15, 0.2) is 6.29 Å². The van der Waals surface area contributed by atoms with Gasteiger partial charge in [-0.1, -0.05) is 0 Å². The van der Waals surface area contributed by atoms with Gasteiger partial charge >= 0.3 is 6.09 Å². The van der Waals surface area contributed by atoms with Crippen molar-refractivity contribution in [2.75, 3.05) is 6.61 Å². The standard InChI is InChI=1S/C9H15NO4/c11-9(12)10-6-5-7(6)14-8-3-1-2-4-13-8/h6-8,10H,1-5H2,(H,11,12)/t6-,7-,8?/m0/s1. The van der Waals surface area contributed by atoms with Crippen molar-refractivity contribution in [1.29, 1.82) is 0 Å². The Bertz CT molecular complexity index is 215. The van der Waals surface area contributed by atoms with Gasteiger partial charge in [-0.25, -0.2) is 4.79 Å². The van der Waals surface area contributed by atoms with Crippen LogP contribution >= 0.6 is 0 Å². The van der Waals surface area contributed by atoms with Crippen molar-refractivity contribution < 1.29 is 19.4 Å². The Hall–Kier alpha value is -0.810. The Balaban J connectivity index is 1.65. The van der Waals surface area contributed by atoms with E-state index < -0.39 is 6.09 Å². The molecule has 1 saturated heterocycles. The molecular weight excluding hydrogens is 186 g/mol. The fourth-order valence-electron chi connectivity index (χ4n) is 1.65. The minimum absolute atomic E-state index is 0.0224. The Labute approximate surface area is 82.4 Å². The molecule has 5 nitrogen and oxygen atoms in total. The van der Waals surface area contributed by atoms with Crippen LogP contribution in [0.5, 0.6) is 0 Å². The largest absolute Gasteiger partial charge is 0.465 e. The molecule has 0 aromatic heterocycles. The summed E-state index contributed by atoms with van der Waals surface area (Å²) in [7, 11) is 0. The predicted octanol–water partition coefficient (Wildman–Crippen LogP) is 0.938. The maximum atomic E-state index is 10.3. The fraction of sp³-hybridized carbons (Fsp3) is 0.889. The predicted molar refractivity (Wildman–Crippen MR) is 48.0 cm³/mol. The van der Waals surface area contributed by atoms with Crippen molar-refractivity contribution in [1.82, 2.24) is 5.32 Å². The van der Waals surface area contributed by atoms with Gasteiger partial charge in [-0.05, 0) is 25.7 Å². The quantitative estimate of drug-likeness (QED) is 0.713. The maximum Gasteiger partial charge on any atom is 0.404 e. The zero-order valence-corrected chi connectivity index (χ0v) is 7.94. The molecule has 0 radical (unpaired) electrons. The monoisotopic (exact) mass is 201 g/mol. The number of hydrogen-bond donors (Lipinski definition) is 2. The van der Waals surface area contributed by atoms with E-state index in [2.05, 4.69) is 5.32 Å². The third kappa shape index (κ3) is 2.59. The summed E-state index contributed by atoms with van der Waals surface area (Å²) in [6, 6.07) is -0.0296. The number of hydrogen-bond acceptors (Lipinski definition) is 3. The van der Waals surface area contributed by atoms with Gasteiger partial charge in [0.25, 0.3) is 0 Å². The van der Waals surface area contributed by atoms with Gasteiger partial charge in [0, 0.05) is 6.61 Å². The molecule has 1 aliphatic carbocycles. The minimum atomic E-state index is -0.981. The van der Waals surface area contributed by atoms with Gasteiger partial charge in [-0.2, -0.15) is 0 Å². The first kappa shape index (κ1) is 9.73. The zero-order chi connectivity index (χ0) is 9.97. The average molecular weight is 201 g/mol. The van der Waals surface area contributed by atoms with Crippen molar-refractivity contribution in [3.05, 3.63) is 0 Å². The molecule has 5 heteroatoms. The topological polar surface area (TPSA) is 67.8 Å². The van der Waals surface area contributed by atoms with Crippen LogP contribution in [0.3, 0.4) is 0 Å². The number of amides is 1. The molecular formula is C9H15NO4. The molecule has 1 heterocycles. The van der Waals surface area contributed by atoms with E-state index in [0.29, 0.717) is 0 Å². The molecule has 14 heavy (non-hydrogen) atoms. The van der Waals surface area contributed by atoms with Crippen LogP contribution in [0.4, 0.5) is 4.79 Å². The second-order valence-electron chi connectivity index (χ2n) is 3.76. The molecule has 2 aliphatic rings. The van der Waals surface area contributed by atoms with E-state index in [-0.39, 0.29) is 18.4 Å². The van der Waals surface area contributed by atoms with Crippen LogP contribution in [-0.2, 0) is 9.47 Å². The summed E-state index contributed by atoms with van der Waals surface area (Å²) in [6.07, 6.45) is 2.85. The van der Waals surface area contributed by atoms with E-state index in [9.17, 15) is 4.79 Å². The van der Waals surface area contributed by atoms with Gasteiger partial charge in [0.1, 0.15) is 0 Å². The lowest BCUT2D eigenvalue weighted by Gasteiger charge is -2.22. The first-order chi connectivity index (χ1) is 6.75. The highest BCUT2D eigenvalue weighted by Crippen LogP contribution is 2.29. The van der Waals surface area contributed by atoms with E-state index in [0.717, 1.165) is 32.3 Å². The normalized spacial score (nSPS) is 36.4. The van der Waals surface area contributed by atoms with Gasteiger partial charge in [-0.15, -0.1) is 0 Å². The first-order valence-electron chi connectivity index (χ1n) is 5.02. The van der Waals surface area contributed by atoms with Crippen LogP contribution < -0.4 is 5.32 Å². The third-order valence-electron chi connectivity index (χ3n) is 2.51. The summed E-state index contributed by atoms with van der Waals surface area (Å²) in [5.41, 5.74) is 0. The van der Waals surface area contributed by atoms with Gasteiger partial charge in [0.05, 0.1) is 12.1 Å². The van der Waals surface area contributed by atoms with E-state index >= 15 is 0 Å². The van der Waals surface area contributed by atoms with E-state index in [1.165, 1.54) is 0 Å². The highest BCUT2D eigenvalue weighted by molar-refractivity contribution is 5.65. The third-order valence-corrected chi connectivity index (χ3v) is 2.51. The van der Waals surface area contributed by atoms with Gasteiger partial charge in [-0.3, -0.25) is 0 Å². The summed E-state index contributed by atoms with van der Waals surface area (Å²) in [5, 5.41) is 10.8. The van der Waals surface area contributed by atoms with Crippen molar-refractivity contribution in [3.63, 3.8) is 0 Å². The van der Waals surface area contributed by atoms with Crippen LogP contribution in [-0.4, -0.2) is 36.2 Å². The second kappa shape index (κ2) is 4.14. The number of carbonyl (C=O) groups is 1. The van der Waals surface area contributed by atoms with E-state index in [4.69, 9.17) is 14.6 Å². The average Bonchev–Trinajstić information content (AvgIpc) is 2.84. The Morgan fingerprint density at radius 2 is 2.36 bits per heavy atom. The van der Waals surface area contributed by atoms with Crippen LogP contribution in [0.15, 0.2) is 0 Å². The summed E-state index contributed by atoms with van der Waals surface area (Å²) < 4.78 is 11.0. The first-order valence-corrected chi connectivity index (χ1v) is 5.02. The van der Waals surface area contributed by atoms with Crippen LogP contribution in [0.2, 0.25) is 0 Å². The molecule has 1 aliphatic heterocycles. The maximum absolute atomic E-state index is 10.3. The lowest BCUT2D eigenvalue weighted by Crippen LogP contribution is -2.29. The summed E-state index contributed by atoms with van der Waals surface area (Å²) >= 11 is 0. The minimum Gasteiger partial charge on any atom is -0.465 e. The van der Waals surface area contributed by atoms with Gasteiger partial charge in [0.2, 0.25) is 0 Å². The van der Waals surface area contributed by atoms with Crippen molar-refractivity contribution in [3.8, 4) is 0 Å². The molecule has 2 N–H and O–H groups in total. The Morgan fingerprint density at radius 1 is 1.50 bits per heavy atom. The van der Waals surface area contributed by atoms with Crippen LogP contribution in [0, 0.1) is 0 Å². The lowest BCUT2D eigenvalue weighted by molar-refractivity contribution is -0.169. The highest BCUT2D eigenvalue weighted by atomic mass is 16.7. The molecule has 0 aromatic carbocycles. The summed E-state index contributed by atoms with van der Waals surface area (Å²) in [5.74, 6) is 0. The Kier molecular flexibility index (Phi) is 2.88. The Morgan fingerprint density at radius 3 is 3.00 bits per heavy atom. The molecule has 80 valence electrons. The number of nitrogens with one attached hydrogen (secondary N) is 1. The molecule has 1 saturated carbocycles. The molecule has 0 spiro atoms. The molecule has 1 unspecified atom stereocenters. The molecule has 3 atom stereocenters. The lowest BCUT2D eigenvalue weighted by atomic mass is 10.2. The van der Waals surface area contributed by atoms with Crippen molar-refractivity contribution in [2.24, 2.45) is 0 Å². The molecule has 1 amide bonds. The number of rotatable bonds is 3. The molecule has 2 rings (SSSR count). The van der Waals surface area contributed by atoms with Crippen molar-refractivity contribution in [2.45, 2.75) is 44.1 Å².